The van der Waals surface area contributed by atoms with E-state index >= 15 is 0 Å². The summed E-state index contributed by atoms with van der Waals surface area (Å²) in [5.74, 6) is 1.38. The highest BCUT2D eigenvalue weighted by molar-refractivity contribution is 6.33. The monoisotopic (exact) mass is 269 g/mol. The van der Waals surface area contributed by atoms with E-state index < -0.39 is 0 Å². The predicted molar refractivity (Wildman–Crippen MR) is 68.6 cm³/mol. The molecule has 98 valence electrons. The van der Waals surface area contributed by atoms with Crippen LogP contribution in [0.15, 0.2) is 12.1 Å². The van der Waals surface area contributed by atoms with Gasteiger partial charge in [-0.3, -0.25) is 0 Å². The van der Waals surface area contributed by atoms with Gasteiger partial charge >= 0.3 is 0 Å². The highest BCUT2D eigenvalue weighted by atomic mass is 35.5. The van der Waals surface area contributed by atoms with E-state index in [0.717, 1.165) is 30.8 Å². The van der Waals surface area contributed by atoms with E-state index in [1.165, 1.54) is 0 Å². The van der Waals surface area contributed by atoms with E-state index in [1.54, 1.807) is 0 Å². The molecule has 1 unspecified atom stereocenters. The molecule has 1 aromatic rings. The number of hydrogen-bond donors (Lipinski definition) is 1. The van der Waals surface area contributed by atoms with Crippen molar-refractivity contribution in [2.75, 3.05) is 32.9 Å². The maximum absolute atomic E-state index is 6.42. The van der Waals surface area contributed by atoms with Gasteiger partial charge in [-0.2, -0.15) is 0 Å². The standard InChI is InChI=1S/C13H16ClNO3/c14-12-9(11-8-15-4-7-17-11)2-3-10-13(12)18-6-1-5-16-10/h2-3,11,15H,1,4-8H2. The zero-order valence-electron chi connectivity index (χ0n) is 10.1. The van der Waals surface area contributed by atoms with Gasteiger partial charge in [0.15, 0.2) is 11.5 Å². The summed E-state index contributed by atoms with van der Waals surface area (Å²) in [6.07, 6.45) is 0.866. The van der Waals surface area contributed by atoms with Crippen LogP contribution >= 0.6 is 11.6 Å². The quantitative estimate of drug-likeness (QED) is 0.848. The second-order valence-corrected chi connectivity index (χ2v) is 4.79. The molecule has 0 amide bonds. The number of nitrogens with one attached hydrogen (secondary N) is 1. The van der Waals surface area contributed by atoms with Crippen LogP contribution in [0.1, 0.15) is 18.1 Å². The minimum atomic E-state index is -0.0107. The molecule has 18 heavy (non-hydrogen) atoms. The molecule has 2 aliphatic heterocycles. The van der Waals surface area contributed by atoms with Crippen LogP contribution in [0.2, 0.25) is 5.02 Å². The third-order valence-corrected chi connectivity index (χ3v) is 3.55. The first-order chi connectivity index (χ1) is 8.86. The smallest absolute Gasteiger partial charge is 0.180 e. The van der Waals surface area contributed by atoms with Crippen LogP contribution in [0.3, 0.4) is 0 Å². The normalized spacial score (nSPS) is 23.5. The SMILES string of the molecule is Clc1c(C2CNCCO2)ccc2c1OCCCO2. The van der Waals surface area contributed by atoms with Crippen molar-refractivity contribution in [1.82, 2.24) is 5.32 Å². The molecule has 0 saturated carbocycles. The molecule has 0 radical (unpaired) electrons. The Hall–Kier alpha value is -0.970. The molecule has 1 saturated heterocycles. The molecule has 0 bridgehead atoms. The van der Waals surface area contributed by atoms with Crippen molar-refractivity contribution >= 4 is 11.6 Å². The zero-order chi connectivity index (χ0) is 12.4. The summed E-state index contributed by atoms with van der Waals surface area (Å²) in [7, 11) is 0. The van der Waals surface area contributed by atoms with E-state index in [-0.39, 0.29) is 6.10 Å². The Bertz CT molecular complexity index is 432. The first kappa shape index (κ1) is 12.1. The second kappa shape index (κ2) is 5.34. The lowest BCUT2D eigenvalue weighted by Gasteiger charge is -2.25. The number of hydrogen-bond acceptors (Lipinski definition) is 4. The van der Waals surface area contributed by atoms with Crippen LogP contribution in [-0.4, -0.2) is 32.9 Å². The van der Waals surface area contributed by atoms with Crippen molar-refractivity contribution in [3.63, 3.8) is 0 Å². The Labute approximate surface area is 111 Å². The van der Waals surface area contributed by atoms with Gasteiger partial charge in [-0.05, 0) is 6.07 Å². The fourth-order valence-electron chi connectivity index (χ4n) is 2.23. The van der Waals surface area contributed by atoms with Gasteiger partial charge in [-0.1, -0.05) is 17.7 Å². The zero-order valence-corrected chi connectivity index (χ0v) is 10.8. The van der Waals surface area contributed by atoms with Crippen molar-refractivity contribution in [3.8, 4) is 11.5 Å². The first-order valence-electron chi connectivity index (χ1n) is 6.26. The van der Waals surface area contributed by atoms with E-state index in [2.05, 4.69) is 5.32 Å². The summed E-state index contributed by atoms with van der Waals surface area (Å²) < 4.78 is 17.0. The van der Waals surface area contributed by atoms with Gasteiger partial charge in [0, 0.05) is 25.1 Å². The molecule has 0 aliphatic carbocycles. The topological polar surface area (TPSA) is 39.7 Å². The molecule has 5 heteroatoms. The third-order valence-electron chi connectivity index (χ3n) is 3.16. The van der Waals surface area contributed by atoms with Crippen molar-refractivity contribution in [2.45, 2.75) is 12.5 Å². The molecule has 2 heterocycles. The predicted octanol–water partition coefficient (Wildman–Crippen LogP) is 2.16. The van der Waals surface area contributed by atoms with Crippen LogP contribution in [0.5, 0.6) is 11.5 Å². The van der Waals surface area contributed by atoms with Crippen molar-refractivity contribution in [2.24, 2.45) is 0 Å². The van der Waals surface area contributed by atoms with Gasteiger partial charge in [0.05, 0.1) is 30.9 Å². The molecule has 3 rings (SSSR count). The summed E-state index contributed by atoms with van der Waals surface area (Å²) in [5, 5.41) is 3.91. The van der Waals surface area contributed by atoms with Gasteiger partial charge in [-0.15, -0.1) is 0 Å². The number of rotatable bonds is 1. The van der Waals surface area contributed by atoms with Crippen molar-refractivity contribution in [1.29, 1.82) is 0 Å². The molecule has 0 spiro atoms. The number of fused-ring (bicyclic) bond motifs is 1. The Balaban J connectivity index is 1.93. The average Bonchev–Trinajstić information content (AvgIpc) is 2.66. The first-order valence-corrected chi connectivity index (χ1v) is 6.64. The molecule has 1 aromatic carbocycles. The van der Waals surface area contributed by atoms with Crippen LogP contribution in [0.4, 0.5) is 0 Å². The van der Waals surface area contributed by atoms with E-state index in [4.69, 9.17) is 25.8 Å². The molecule has 4 nitrogen and oxygen atoms in total. The van der Waals surface area contributed by atoms with Crippen LogP contribution in [0, 0.1) is 0 Å². The van der Waals surface area contributed by atoms with Gasteiger partial charge in [0.2, 0.25) is 0 Å². The second-order valence-electron chi connectivity index (χ2n) is 4.41. The summed E-state index contributed by atoms with van der Waals surface area (Å²) >= 11 is 6.42. The lowest BCUT2D eigenvalue weighted by molar-refractivity contribution is 0.0276. The largest absolute Gasteiger partial charge is 0.490 e. The summed E-state index contributed by atoms with van der Waals surface area (Å²) in [4.78, 5) is 0. The highest BCUT2D eigenvalue weighted by Crippen LogP contribution is 2.41. The molecule has 1 fully saturated rings. The molecular weight excluding hydrogens is 254 g/mol. The molecule has 2 aliphatic rings. The maximum atomic E-state index is 6.42. The minimum absolute atomic E-state index is 0.0107. The van der Waals surface area contributed by atoms with Crippen molar-refractivity contribution in [3.05, 3.63) is 22.7 Å². The number of morpholine rings is 1. The average molecular weight is 270 g/mol. The highest BCUT2D eigenvalue weighted by Gasteiger charge is 2.23. The lowest BCUT2D eigenvalue weighted by Crippen LogP contribution is -2.33. The molecular formula is C13H16ClNO3. The number of ether oxygens (including phenoxy) is 3. The van der Waals surface area contributed by atoms with Gasteiger partial charge in [0.1, 0.15) is 0 Å². The number of halogens is 1. The minimum Gasteiger partial charge on any atom is -0.490 e. The van der Waals surface area contributed by atoms with E-state index in [9.17, 15) is 0 Å². The lowest BCUT2D eigenvalue weighted by atomic mass is 10.1. The summed E-state index contributed by atoms with van der Waals surface area (Å²) in [6, 6.07) is 3.88. The summed E-state index contributed by atoms with van der Waals surface area (Å²) in [5.41, 5.74) is 0.966. The van der Waals surface area contributed by atoms with Crippen LogP contribution in [-0.2, 0) is 4.74 Å². The fourth-order valence-corrected chi connectivity index (χ4v) is 2.56. The van der Waals surface area contributed by atoms with Gasteiger partial charge in [0.25, 0.3) is 0 Å². The van der Waals surface area contributed by atoms with Gasteiger partial charge < -0.3 is 19.5 Å². The van der Waals surface area contributed by atoms with E-state index in [0.29, 0.717) is 30.6 Å². The fraction of sp³-hybridized carbons (Fsp3) is 0.538. The Morgan fingerprint density at radius 2 is 2.06 bits per heavy atom. The maximum Gasteiger partial charge on any atom is 0.180 e. The Kier molecular flexibility index (Phi) is 3.59. The molecule has 0 aromatic heterocycles. The molecule has 1 N–H and O–H groups in total. The third kappa shape index (κ3) is 2.28. The van der Waals surface area contributed by atoms with Crippen molar-refractivity contribution < 1.29 is 14.2 Å². The van der Waals surface area contributed by atoms with Gasteiger partial charge in [-0.25, -0.2) is 0 Å². The Morgan fingerprint density at radius 3 is 2.89 bits per heavy atom. The number of benzene rings is 1. The van der Waals surface area contributed by atoms with E-state index in [1.807, 2.05) is 12.1 Å². The summed E-state index contributed by atoms with van der Waals surface area (Å²) in [6.45, 7) is 3.68. The van der Waals surface area contributed by atoms with Crippen LogP contribution < -0.4 is 14.8 Å². The molecule has 1 atom stereocenters. The Morgan fingerprint density at radius 1 is 1.17 bits per heavy atom. The van der Waals surface area contributed by atoms with Crippen LogP contribution in [0.25, 0.3) is 0 Å².